The van der Waals surface area contributed by atoms with Gasteiger partial charge in [0.15, 0.2) is 11.5 Å². The highest BCUT2D eigenvalue weighted by Crippen LogP contribution is 2.32. The van der Waals surface area contributed by atoms with Crippen LogP contribution in [0.1, 0.15) is 5.56 Å². The van der Waals surface area contributed by atoms with Crippen LogP contribution < -0.4 is 28.7 Å². The van der Waals surface area contributed by atoms with E-state index >= 15 is 0 Å². The lowest BCUT2D eigenvalue weighted by Gasteiger charge is -2.25. The number of para-hydroxylation sites is 2. The van der Waals surface area contributed by atoms with Gasteiger partial charge in [0.1, 0.15) is 18.0 Å². The number of hydrazone groups is 1. The van der Waals surface area contributed by atoms with E-state index < -0.39 is 22.5 Å². The Kier molecular flexibility index (Phi) is 8.74. The number of sulfonamides is 1. The number of hydrogen-bond donors (Lipinski definition) is 1. The molecule has 0 saturated heterocycles. The molecule has 0 saturated carbocycles. The van der Waals surface area contributed by atoms with E-state index in [2.05, 4.69) is 10.5 Å². The van der Waals surface area contributed by atoms with Crippen LogP contribution in [0.5, 0.6) is 23.0 Å². The van der Waals surface area contributed by atoms with Crippen LogP contribution in [0.4, 0.5) is 5.69 Å². The second-order valence-corrected chi connectivity index (χ2v) is 9.13. The lowest BCUT2D eigenvalue weighted by Crippen LogP contribution is -2.39. The van der Waals surface area contributed by atoms with E-state index in [1.165, 1.54) is 58.9 Å². The van der Waals surface area contributed by atoms with Gasteiger partial charge < -0.3 is 18.9 Å². The highest BCUT2D eigenvalue weighted by atomic mass is 32.2. The molecule has 0 unspecified atom stereocenters. The summed E-state index contributed by atoms with van der Waals surface area (Å²) in [4.78, 5) is 12.8. The summed E-state index contributed by atoms with van der Waals surface area (Å²) in [5, 5.41) is 3.95. The molecule has 3 rings (SSSR count). The summed E-state index contributed by atoms with van der Waals surface area (Å²) >= 11 is 0. The van der Waals surface area contributed by atoms with Crippen molar-refractivity contribution >= 4 is 27.8 Å². The van der Waals surface area contributed by atoms with Crippen molar-refractivity contribution in [3.8, 4) is 23.0 Å². The lowest BCUT2D eigenvalue weighted by molar-refractivity contribution is -0.119. The van der Waals surface area contributed by atoms with E-state index in [1.807, 2.05) is 0 Å². The predicted molar refractivity (Wildman–Crippen MR) is 136 cm³/mol. The van der Waals surface area contributed by atoms with Crippen molar-refractivity contribution in [3.63, 3.8) is 0 Å². The van der Waals surface area contributed by atoms with Gasteiger partial charge in [-0.3, -0.25) is 9.10 Å². The molecule has 0 aliphatic carbocycles. The molecule has 36 heavy (non-hydrogen) atoms. The molecule has 0 atom stereocenters. The Morgan fingerprint density at radius 2 is 1.53 bits per heavy atom. The summed E-state index contributed by atoms with van der Waals surface area (Å²) in [6.45, 7) is -0.544. The molecule has 3 aromatic rings. The molecule has 0 spiro atoms. The molecule has 0 aliphatic heterocycles. The van der Waals surface area contributed by atoms with Gasteiger partial charge in [-0.25, -0.2) is 13.8 Å². The van der Waals surface area contributed by atoms with Gasteiger partial charge >= 0.3 is 0 Å². The van der Waals surface area contributed by atoms with Crippen LogP contribution in [-0.2, 0) is 14.8 Å². The Labute approximate surface area is 210 Å². The number of rotatable bonds is 11. The van der Waals surface area contributed by atoms with Gasteiger partial charge in [-0.2, -0.15) is 5.10 Å². The van der Waals surface area contributed by atoms with Gasteiger partial charge in [-0.05, 0) is 60.2 Å². The van der Waals surface area contributed by atoms with Crippen LogP contribution in [0.15, 0.2) is 76.7 Å². The van der Waals surface area contributed by atoms with E-state index in [0.717, 1.165) is 4.31 Å². The predicted octanol–water partition coefficient (Wildman–Crippen LogP) is 3.07. The zero-order valence-corrected chi connectivity index (χ0v) is 21.1. The molecule has 0 radical (unpaired) electrons. The van der Waals surface area contributed by atoms with Crippen molar-refractivity contribution in [3.05, 3.63) is 72.3 Å². The average molecular weight is 514 g/mol. The smallest absolute Gasteiger partial charge is 0.264 e. The number of nitrogens with zero attached hydrogens (tertiary/aromatic N) is 2. The quantitative estimate of drug-likeness (QED) is 0.309. The van der Waals surface area contributed by atoms with E-state index in [4.69, 9.17) is 18.9 Å². The van der Waals surface area contributed by atoms with E-state index in [1.54, 1.807) is 42.5 Å². The van der Waals surface area contributed by atoms with Crippen molar-refractivity contribution < 1.29 is 32.2 Å². The fourth-order valence-electron chi connectivity index (χ4n) is 3.29. The molecule has 0 bridgehead atoms. The highest BCUT2D eigenvalue weighted by molar-refractivity contribution is 7.92. The number of carbonyl (C=O) groups excluding carboxylic acids is 1. The van der Waals surface area contributed by atoms with Crippen LogP contribution in [-0.4, -0.2) is 55.5 Å². The zero-order chi connectivity index (χ0) is 26.1. The van der Waals surface area contributed by atoms with Gasteiger partial charge in [-0.15, -0.1) is 0 Å². The number of benzene rings is 3. The molecule has 10 nitrogen and oxygen atoms in total. The summed E-state index contributed by atoms with van der Waals surface area (Å²) in [5.74, 6) is 1.18. The Bertz CT molecular complexity index is 1330. The van der Waals surface area contributed by atoms with Gasteiger partial charge in [0.2, 0.25) is 0 Å². The summed E-state index contributed by atoms with van der Waals surface area (Å²) in [5.41, 5.74) is 3.21. The minimum Gasteiger partial charge on any atom is -0.497 e. The first-order chi connectivity index (χ1) is 17.3. The molecule has 0 aromatic heterocycles. The highest BCUT2D eigenvalue weighted by Gasteiger charge is 2.29. The van der Waals surface area contributed by atoms with Gasteiger partial charge in [0.05, 0.1) is 45.2 Å². The summed E-state index contributed by atoms with van der Waals surface area (Å²) < 4.78 is 49.0. The third-order valence-electron chi connectivity index (χ3n) is 5.10. The average Bonchev–Trinajstić information content (AvgIpc) is 2.91. The third kappa shape index (κ3) is 6.05. The number of anilines is 1. The molecule has 11 heteroatoms. The molecular weight excluding hydrogens is 486 g/mol. The molecule has 0 fully saturated rings. The van der Waals surface area contributed by atoms with Gasteiger partial charge in [-0.1, -0.05) is 12.1 Å². The fraction of sp³-hybridized carbons (Fsp3) is 0.200. The summed E-state index contributed by atoms with van der Waals surface area (Å²) in [7, 11) is 1.80. The lowest BCUT2D eigenvalue weighted by atomic mass is 10.2. The first-order valence-electron chi connectivity index (χ1n) is 10.7. The Balaban J connectivity index is 1.86. The van der Waals surface area contributed by atoms with E-state index in [0.29, 0.717) is 22.8 Å². The zero-order valence-electron chi connectivity index (χ0n) is 20.3. The van der Waals surface area contributed by atoms with E-state index in [9.17, 15) is 13.2 Å². The van der Waals surface area contributed by atoms with Crippen LogP contribution in [0.25, 0.3) is 0 Å². The second-order valence-electron chi connectivity index (χ2n) is 7.27. The maximum absolute atomic E-state index is 13.5. The number of ether oxygens (including phenoxy) is 4. The maximum Gasteiger partial charge on any atom is 0.264 e. The number of nitrogens with one attached hydrogen (secondary N) is 1. The van der Waals surface area contributed by atoms with Crippen molar-refractivity contribution in [1.29, 1.82) is 0 Å². The van der Waals surface area contributed by atoms with E-state index in [-0.39, 0.29) is 16.3 Å². The Morgan fingerprint density at radius 3 is 2.17 bits per heavy atom. The van der Waals surface area contributed by atoms with Crippen molar-refractivity contribution in [2.75, 3.05) is 39.3 Å². The summed E-state index contributed by atoms with van der Waals surface area (Å²) in [6.07, 6.45) is 1.41. The number of methoxy groups -OCH3 is 4. The first kappa shape index (κ1) is 26.4. The van der Waals surface area contributed by atoms with Crippen molar-refractivity contribution in [1.82, 2.24) is 5.43 Å². The molecule has 0 heterocycles. The molecular formula is C25H27N3O7S. The maximum atomic E-state index is 13.5. The van der Waals surface area contributed by atoms with Crippen LogP contribution in [0.2, 0.25) is 0 Å². The minimum absolute atomic E-state index is 0.0177. The van der Waals surface area contributed by atoms with Crippen LogP contribution >= 0.6 is 0 Å². The third-order valence-corrected chi connectivity index (χ3v) is 6.87. The molecule has 0 aliphatic rings. The minimum atomic E-state index is -4.15. The fourth-order valence-corrected chi connectivity index (χ4v) is 4.72. The summed E-state index contributed by atoms with van der Waals surface area (Å²) in [6, 6.07) is 17.5. The number of carbonyl (C=O) groups is 1. The van der Waals surface area contributed by atoms with Crippen molar-refractivity contribution in [2.45, 2.75) is 4.90 Å². The van der Waals surface area contributed by atoms with Crippen molar-refractivity contribution in [2.24, 2.45) is 5.10 Å². The normalized spacial score (nSPS) is 11.1. The molecule has 1 amide bonds. The largest absolute Gasteiger partial charge is 0.497 e. The topological polar surface area (TPSA) is 116 Å². The molecule has 1 N–H and O–H groups in total. The van der Waals surface area contributed by atoms with Gasteiger partial charge in [0.25, 0.3) is 15.9 Å². The first-order valence-corrected chi connectivity index (χ1v) is 12.1. The SMILES string of the molecule is COc1ccc(S(=O)(=O)N(CC(=O)N/N=C\c2ccc(OC)c(OC)c2)c2ccccc2OC)cc1. The standard InChI is InChI=1S/C25H27N3O7S/c1-32-19-10-12-20(13-11-19)36(30,31)28(21-7-5-6-8-22(21)33-2)17-25(29)27-26-16-18-9-14-23(34-3)24(15-18)35-4/h5-16H,17H2,1-4H3,(H,27,29)/b26-16-. The van der Waals surface area contributed by atoms with Crippen LogP contribution in [0, 0.1) is 0 Å². The second kappa shape index (κ2) is 11.9. The molecule has 3 aromatic carbocycles. The molecule has 190 valence electrons. The Morgan fingerprint density at radius 1 is 0.861 bits per heavy atom. The monoisotopic (exact) mass is 513 g/mol. The number of amides is 1. The number of hydrogen-bond acceptors (Lipinski definition) is 8. The van der Waals surface area contributed by atoms with Crippen LogP contribution in [0.3, 0.4) is 0 Å². The van der Waals surface area contributed by atoms with Gasteiger partial charge in [0, 0.05) is 0 Å². The Hall–Kier alpha value is -4.25.